The number of ether oxygens (including phenoxy) is 2. The molecular formula is C25H35ClN2O3. The Morgan fingerprint density at radius 3 is 2.45 bits per heavy atom. The smallest absolute Gasteiger partial charge is 0.262 e. The van der Waals surface area contributed by atoms with Crippen molar-refractivity contribution in [3.63, 3.8) is 0 Å². The summed E-state index contributed by atoms with van der Waals surface area (Å²) in [5, 5.41) is 6.69. The first-order chi connectivity index (χ1) is 15.0. The first-order valence-electron chi connectivity index (χ1n) is 11.1. The second-order valence-electron chi connectivity index (χ2n) is 7.76. The topological polar surface area (TPSA) is 59.6 Å². The lowest BCUT2D eigenvalue weighted by atomic mass is 10.1. The highest BCUT2D eigenvalue weighted by Gasteiger charge is 2.14. The van der Waals surface area contributed by atoms with E-state index in [0.717, 1.165) is 23.4 Å². The number of carbonyl (C=O) groups excluding carboxylic acids is 1. The Kier molecular flexibility index (Phi) is 11.3. The molecule has 1 amide bonds. The van der Waals surface area contributed by atoms with E-state index in [4.69, 9.17) is 21.1 Å². The number of nitrogens with one attached hydrogen (secondary N) is 2. The van der Waals surface area contributed by atoms with Crippen LogP contribution in [0.25, 0.3) is 0 Å². The van der Waals surface area contributed by atoms with Crippen LogP contribution >= 0.6 is 11.6 Å². The number of rotatable bonds is 14. The highest BCUT2D eigenvalue weighted by Crippen LogP contribution is 2.36. The fourth-order valence-corrected chi connectivity index (χ4v) is 3.54. The van der Waals surface area contributed by atoms with Gasteiger partial charge in [-0.05, 0) is 49.7 Å². The van der Waals surface area contributed by atoms with Crippen molar-refractivity contribution in [2.24, 2.45) is 0 Å². The molecule has 0 bridgehead atoms. The fraction of sp³-hybridized carbons (Fsp3) is 0.480. The van der Waals surface area contributed by atoms with Gasteiger partial charge in [-0.25, -0.2) is 0 Å². The second kappa shape index (κ2) is 13.9. The summed E-state index contributed by atoms with van der Waals surface area (Å²) < 4.78 is 11.1. The number of hydrogen-bond donors (Lipinski definition) is 2. The van der Waals surface area contributed by atoms with E-state index in [0.29, 0.717) is 23.1 Å². The zero-order valence-electron chi connectivity index (χ0n) is 18.9. The van der Waals surface area contributed by atoms with Crippen molar-refractivity contribution in [1.29, 1.82) is 0 Å². The van der Waals surface area contributed by atoms with Gasteiger partial charge in [-0.1, -0.05) is 68.3 Å². The van der Waals surface area contributed by atoms with E-state index in [-0.39, 0.29) is 12.5 Å². The monoisotopic (exact) mass is 446 g/mol. The van der Waals surface area contributed by atoms with Crippen LogP contribution < -0.4 is 20.1 Å². The van der Waals surface area contributed by atoms with Gasteiger partial charge in [-0.15, -0.1) is 0 Å². The van der Waals surface area contributed by atoms with Gasteiger partial charge in [0.1, 0.15) is 0 Å². The van der Waals surface area contributed by atoms with Crippen molar-refractivity contribution in [3.05, 3.63) is 52.5 Å². The molecule has 0 aliphatic heterocycles. The van der Waals surface area contributed by atoms with Gasteiger partial charge in [0.2, 0.25) is 0 Å². The number of amides is 1. The molecule has 0 saturated carbocycles. The van der Waals surface area contributed by atoms with E-state index in [2.05, 4.69) is 17.6 Å². The van der Waals surface area contributed by atoms with Crippen molar-refractivity contribution in [3.8, 4) is 11.5 Å². The SMILES string of the molecule is CCCCCCCCNCc1cc(Cl)c(OCC(=O)Nc2ccc(C)cc2)c(OC)c1. The van der Waals surface area contributed by atoms with E-state index in [1.54, 1.807) is 7.11 Å². The standard InChI is InChI=1S/C25H35ClN2O3/c1-4-5-6-7-8-9-14-27-17-20-15-22(26)25(23(16-20)30-3)31-18-24(29)28-21-12-10-19(2)11-13-21/h10-13,15-16,27H,4-9,14,17-18H2,1-3H3,(H,28,29). The molecule has 0 saturated heterocycles. The summed E-state index contributed by atoms with van der Waals surface area (Å²) >= 11 is 6.42. The summed E-state index contributed by atoms with van der Waals surface area (Å²) in [6.07, 6.45) is 7.67. The molecule has 0 spiro atoms. The van der Waals surface area contributed by atoms with Crippen molar-refractivity contribution in [1.82, 2.24) is 5.32 Å². The molecule has 0 heterocycles. The largest absolute Gasteiger partial charge is 0.493 e. The average molecular weight is 447 g/mol. The molecule has 0 unspecified atom stereocenters. The van der Waals surface area contributed by atoms with Crippen molar-refractivity contribution >= 4 is 23.2 Å². The Hall–Kier alpha value is -2.24. The predicted octanol–water partition coefficient (Wildman–Crippen LogP) is 6.12. The fourth-order valence-electron chi connectivity index (χ4n) is 3.25. The van der Waals surface area contributed by atoms with E-state index in [9.17, 15) is 4.79 Å². The molecule has 2 aromatic rings. The molecule has 2 rings (SSSR count). The lowest BCUT2D eigenvalue weighted by Crippen LogP contribution is -2.20. The van der Waals surface area contributed by atoms with Gasteiger partial charge >= 0.3 is 0 Å². The zero-order valence-corrected chi connectivity index (χ0v) is 19.7. The van der Waals surface area contributed by atoms with Gasteiger partial charge in [0.05, 0.1) is 12.1 Å². The molecule has 5 nitrogen and oxygen atoms in total. The first kappa shape index (κ1) is 25.0. The number of hydrogen-bond acceptors (Lipinski definition) is 4. The molecule has 0 aliphatic carbocycles. The van der Waals surface area contributed by atoms with Gasteiger partial charge in [0.15, 0.2) is 18.1 Å². The Morgan fingerprint density at radius 1 is 1.03 bits per heavy atom. The summed E-state index contributed by atoms with van der Waals surface area (Å²) in [5.41, 5.74) is 2.88. The first-order valence-corrected chi connectivity index (χ1v) is 11.5. The van der Waals surface area contributed by atoms with Crippen LogP contribution in [0.4, 0.5) is 5.69 Å². The lowest BCUT2D eigenvalue weighted by Gasteiger charge is -2.15. The average Bonchev–Trinajstić information content (AvgIpc) is 2.76. The van der Waals surface area contributed by atoms with Gasteiger partial charge in [-0.3, -0.25) is 4.79 Å². The van der Waals surface area contributed by atoms with Gasteiger partial charge in [0.25, 0.3) is 5.91 Å². The Morgan fingerprint density at radius 2 is 1.74 bits per heavy atom. The third kappa shape index (κ3) is 9.19. The minimum Gasteiger partial charge on any atom is -0.493 e. The van der Waals surface area contributed by atoms with Crippen molar-refractivity contribution < 1.29 is 14.3 Å². The summed E-state index contributed by atoms with van der Waals surface area (Å²) in [6, 6.07) is 11.3. The maximum atomic E-state index is 12.2. The Bertz CT molecular complexity index is 809. The normalized spacial score (nSPS) is 10.7. The van der Waals surface area contributed by atoms with E-state index < -0.39 is 0 Å². The van der Waals surface area contributed by atoms with E-state index in [1.165, 1.54) is 38.5 Å². The molecule has 0 fully saturated rings. The van der Waals surface area contributed by atoms with Crippen LogP contribution in [-0.2, 0) is 11.3 Å². The number of aryl methyl sites for hydroxylation is 1. The summed E-state index contributed by atoms with van der Waals surface area (Å²) in [6.45, 7) is 5.76. The van der Waals surface area contributed by atoms with Crippen LogP contribution in [0.15, 0.2) is 36.4 Å². The quantitative estimate of drug-likeness (QED) is 0.343. The number of unbranched alkanes of at least 4 members (excludes halogenated alkanes) is 5. The second-order valence-corrected chi connectivity index (χ2v) is 8.16. The number of methoxy groups -OCH3 is 1. The van der Waals surface area contributed by atoms with Crippen LogP contribution in [0.3, 0.4) is 0 Å². The third-order valence-corrected chi connectivity index (χ3v) is 5.29. The van der Waals surface area contributed by atoms with Crippen LogP contribution in [0, 0.1) is 6.92 Å². The molecule has 6 heteroatoms. The van der Waals surface area contributed by atoms with Crippen molar-refractivity contribution in [2.45, 2.75) is 58.9 Å². The molecular weight excluding hydrogens is 412 g/mol. The van der Waals surface area contributed by atoms with Gasteiger partial charge in [0, 0.05) is 12.2 Å². The Balaban J connectivity index is 1.81. The lowest BCUT2D eigenvalue weighted by molar-refractivity contribution is -0.118. The highest BCUT2D eigenvalue weighted by atomic mass is 35.5. The summed E-state index contributed by atoms with van der Waals surface area (Å²) in [4.78, 5) is 12.2. The maximum Gasteiger partial charge on any atom is 0.262 e. The summed E-state index contributed by atoms with van der Waals surface area (Å²) in [5.74, 6) is 0.640. The number of halogens is 1. The van der Waals surface area contributed by atoms with Gasteiger partial charge in [-0.2, -0.15) is 0 Å². The van der Waals surface area contributed by atoms with Crippen LogP contribution in [0.2, 0.25) is 5.02 Å². The van der Waals surface area contributed by atoms with Crippen molar-refractivity contribution in [2.75, 3.05) is 25.6 Å². The number of carbonyl (C=O) groups is 1. The summed E-state index contributed by atoms with van der Waals surface area (Å²) in [7, 11) is 1.57. The minimum atomic E-state index is -0.258. The zero-order chi connectivity index (χ0) is 22.5. The van der Waals surface area contributed by atoms with Gasteiger partial charge < -0.3 is 20.1 Å². The molecule has 2 N–H and O–H groups in total. The molecule has 0 atom stereocenters. The molecule has 170 valence electrons. The molecule has 0 radical (unpaired) electrons. The van der Waals surface area contributed by atoms with E-state index >= 15 is 0 Å². The number of benzene rings is 2. The molecule has 0 aromatic heterocycles. The Labute approximate surface area is 191 Å². The van der Waals surface area contributed by atoms with E-state index in [1.807, 2.05) is 43.3 Å². The molecule has 2 aromatic carbocycles. The third-order valence-electron chi connectivity index (χ3n) is 5.01. The maximum absolute atomic E-state index is 12.2. The number of anilines is 1. The molecule has 31 heavy (non-hydrogen) atoms. The highest BCUT2D eigenvalue weighted by molar-refractivity contribution is 6.32. The molecule has 0 aliphatic rings. The predicted molar refractivity (Wildman–Crippen MR) is 128 cm³/mol. The minimum absolute atomic E-state index is 0.153. The van der Waals surface area contributed by atoms with Crippen LogP contribution in [0.1, 0.15) is 56.6 Å². The van der Waals surface area contributed by atoms with Crippen LogP contribution in [-0.4, -0.2) is 26.2 Å². The van der Waals surface area contributed by atoms with Crippen LogP contribution in [0.5, 0.6) is 11.5 Å².